The third kappa shape index (κ3) is 13.4. The number of anilines is 1. The average molecular weight is 892 g/mol. The number of carbonyl (C=O) groups excluding carboxylic acids is 4. The molecule has 4 rings (SSSR count). The fraction of sp³-hybridized carbons (Fsp3) is 0.679. The molecule has 1 aliphatic heterocycles. The zero-order chi connectivity index (χ0) is 42.3. The number of aliphatic hydroxyl groups excluding tert-OH is 2. The molecule has 2 amide bonds. The van der Waals surface area contributed by atoms with E-state index >= 15 is 0 Å². The molecule has 1 saturated heterocycles. The van der Waals surface area contributed by atoms with E-state index in [0.717, 1.165) is 41.8 Å². The highest BCUT2D eigenvalue weighted by Crippen LogP contribution is 2.61. The monoisotopic (exact) mass is 891 g/mol. The van der Waals surface area contributed by atoms with Gasteiger partial charge in [-0.1, -0.05) is 32.0 Å². The van der Waals surface area contributed by atoms with Crippen LogP contribution in [0.1, 0.15) is 52.2 Å². The maximum absolute atomic E-state index is 12.7. The lowest BCUT2D eigenvalue weighted by Crippen LogP contribution is -2.46. The Morgan fingerprint density at radius 3 is 2.46 bits per heavy atom. The van der Waals surface area contributed by atoms with Crippen LogP contribution in [0.4, 0.5) is 5.82 Å². The first-order valence-electron chi connectivity index (χ1n) is 17.1. The van der Waals surface area contributed by atoms with E-state index in [1.807, 2.05) is 0 Å². The summed E-state index contributed by atoms with van der Waals surface area (Å²) < 4.78 is 62.1. The van der Waals surface area contributed by atoms with Crippen LogP contribution in [0, 0.1) is 11.3 Å². The molecule has 2 aromatic rings. The van der Waals surface area contributed by atoms with Crippen LogP contribution < -0.4 is 16.4 Å². The van der Waals surface area contributed by atoms with Crippen LogP contribution >= 0.6 is 35.2 Å². The third-order valence-corrected chi connectivity index (χ3v) is 12.7. The summed E-state index contributed by atoms with van der Waals surface area (Å²) in [5.74, 6) is -1.96. The number of Topliss-reactive ketones (excluding diaryl/α,β-unsaturated/α-hetero) is 1. The van der Waals surface area contributed by atoms with Gasteiger partial charge in [-0.15, -0.1) is 0 Å². The van der Waals surface area contributed by atoms with Crippen LogP contribution in [0.2, 0.25) is 0 Å². The number of aliphatic hydroxyl groups is 2. The number of nitrogen functional groups attached to an aromatic ring is 1. The molecule has 1 saturated carbocycles. The van der Waals surface area contributed by atoms with Crippen LogP contribution in [0.3, 0.4) is 0 Å². The lowest BCUT2D eigenvalue weighted by molar-refractivity contribution is -0.137. The van der Waals surface area contributed by atoms with Gasteiger partial charge in [0.1, 0.15) is 42.0 Å². The molecule has 25 nitrogen and oxygen atoms in total. The number of phosphoric ester groups is 3. The molecule has 0 spiro atoms. The molecule has 2 fully saturated rings. The molecule has 3 unspecified atom stereocenters. The van der Waals surface area contributed by atoms with Crippen molar-refractivity contribution in [1.82, 2.24) is 30.2 Å². The summed E-state index contributed by atoms with van der Waals surface area (Å²) in [6.07, 6.45) is -4.51. The molecule has 1 aliphatic carbocycles. The molecule has 2 aromatic heterocycles. The molecule has 2 aliphatic rings. The van der Waals surface area contributed by atoms with Crippen molar-refractivity contribution in [2.45, 2.75) is 76.6 Å². The predicted molar refractivity (Wildman–Crippen MR) is 194 cm³/mol. The molecule has 10 N–H and O–H groups in total. The number of nitrogens with zero attached hydrogens (tertiary/aromatic N) is 4. The van der Waals surface area contributed by atoms with Crippen LogP contribution in [0.5, 0.6) is 0 Å². The van der Waals surface area contributed by atoms with Gasteiger partial charge in [-0.3, -0.25) is 37.3 Å². The van der Waals surface area contributed by atoms with E-state index in [2.05, 4.69) is 34.4 Å². The Bertz CT molecular complexity index is 1930. The number of phosphoric acid groups is 3. The van der Waals surface area contributed by atoms with E-state index in [1.54, 1.807) is 0 Å². The fourth-order valence-corrected chi connectivity index (χ4v) is 9.30. The number of imidazole rings is 1. The Kier molecular flexibility index (Phi) is 16.1. The average Bonchev–Trinajstić information content (AvgIpc) is 3.68. The third-order valence-electron chi connectivity index (χ3n) is 8.59. The number of fused-ring (bicyclic) bond motifs is 1. The van der Waals surface area contributed by atoms with Crippen molar-refractivity contribution < 1.29 is 85.3 Å². The Balaban J connectivity index is 1.22. The Morgan fingerprint density at radius 2 is 1.77 bits per heavy atom. The molecular weight excluding hydrogens is 847 g/mol. The van der Waals surface area contributed by atoms with Crippen molar-refractivity contribution in [3.05, 3.63) is 12.7 Å². The van der Waals surface area contributed by atoms with Gasteiger partial charge in [0, 0.05) is 37.1 Å². The lowest BCUT2D eigenvalue weighted by Gasteiger charge is -2.30. The Morgan fingerprint density at radius 1 is 1.07 bits per heavy atom. The first kappa shape index (κ1) is 46.9. The first-order valence-corrected chi connectivity index (χ1v) is 22.6. The van der Waals surface area contributed by atoms with Gasteiger partial charge in [-0.25, -0.2) is 28.6 Å². The fourth-order valence-electron chi connectivity index (χ4n) is 5.61. The molecule has 57 heavy (non-hydrogen) atoms. The Labute approximate surface area is 328 Å². The minimum Gasteiger partial charge on any atom is -0.386 e. The van der Waals surface area contributed by atoms with Crippen molar-refractivity contribution >= 4 is 74.9 Å². The van der Waals surface area contributed by atoms with Gasteiger partial charge in [0.15, 0.2) is 22.8 Å². The number of ether oxygens (including phenoxy) is 1. The summed E-state index contributed by atoms with van der Waals surface area (Å²) in [7, 11) is -16.4. The smallest absolute Gasteiger partial charge is 0.386 e. The molecule has 0 bridgehead atoms. The first-order chi connectivity index (χ1) is 26.5. The number of rotatable bonds is 20. The van der Waals surface area contributed by atoms with Crippen molar-refractivity contribution in [2.24, 2.45) is 11.3 Å². The van der Waals surface area contributed by atoms with Gasteiger partial charge >= 0.3 is 23.5 Å². The number of carbonyl (C=O) groups is 4. The zero-order valence-electron chi connectivity index (χ0n) is 30.4. The predicted octanol–water partition coefficient (Wildman–Crippen LogP) is -0.576. The summed E-state index contributed by atoms with van der Waals surface area (Å²) in [6, 6.07) is 0. The van der Waals surface area contributed by atoms with E-state index in [4.69, 9.17) is 19.5 Å². The Hall–Kier alpha value is -2.77. The molecular formula is C28H44N7O18P3S. The van der Waals surface area contributed by atoms with E-state index in [0.29, 0.717) is 12.8 Å². The second-order valence-electron chi connectivity index (χ2n) is 13.5. The van der Waals surface area contributed by atoms with Crippen molar-refractivity contribution in [1.29, 1.82) is 0 Å². The van der Waals surface area contributed by atoms with E-state index in [9.17, 15) is 62.7 Å². The van der Waals surface area contributed by atoms with E-state index in [1.165, 1.54) is 13.8 Å². The summed E-state index contributed by atoms with van der Waals surface area (Å²) in [4.78, 5) is 99.8. The zero-order valence-corrected chi connectivity index (χ0v) is 33.9. The quantitative estimate of drug-likeness (QED) is 0.0456. The molecule has 320 valence electrons. The number of nitrogens with two attached hydrogens (primary N) is 1. The SMILES string of the molecule is CC(C)(COP(=O)(O)OP(=O)(O)OC[C@H]1O[C@@H](n2cnc3c(N)ncnc32)[C@H](O)[C@@H]1OP(=O)(O)O)[C@@H](O)C(=O)NCCC(=O)NCCSC(=O)C1CCCCC1=O. The minimum atomic E-state index is -5.58. The summed E-state index contributed by atoms with van der Waals surface area (Å²) >= 11 is 0.960. The number of aromatic nitrogens is 4. The van der Waals surface area contributed by atoms with Gasteiger partial charge in [0.05, 0.1) is 25.5 Å². The molecule has 0 radical (unpaired) electrons. The van der Waals surface area contributed by atoms with Crippen LogP contribution in [0.25, 0.3) is 11.2 Å². The van der Waals surface area contributed by atoms with Crippen molar-refractivity contribution in [3.63, 3.8) is 0 Å². The number of amides is 2. The molecule has 3 heterocycles. The number of hydrogen-bond donors (Lipinski definition) is 9. The normalized spacial score (nSPS) is 24.4. The highest BCUT2D eigenvalue weighted by molar-refractivity contribution is 8.13. The van der Waals surface area contributed by atoms with Gasteiger partial charge in [-0.05, 0) is 12.8 Å². The van der Waals surface area contributed by atoms with Crippen molar-refractivity contribution in [3.8, 4) is 0 Å². The highest BCUT2D eigenvalue weighted by atomic mass is 32.2. The maximum Gasteiger partial charge on any atom is 0.481 e. The number of ketones is 1. The summed E-state index contributed by atoms with van der Waals surface area (Å²) in [5, 5.41) is 26.1. The van der Waals surface area contributed by atoms with Gasteiger partial charge in [0.25, 0.3) is 0 Å². The summed E-state index contributed by atoms with van der Waals surface area (Å²) in [5.41, 5.74) is 4.23. The van der Waals surface area contributed by atoms with Gasteiger partial charge in [-0.2, -0.15) is 4.31 Å². The second-order valence-corrected chi connectivity index (χ2v) is 18.8. The summed E-state index contributed by atoms with van der Waals surface area (Å²) in [6.45, 7) is 0.346. The van der Waals surface area contributed by atoms with Crippen LogP contribution in [-0.4, -0.2) is 128 Å². The van der Waals surface area contributed by atoms with E-state index < -0.39 is 90.5 Å². The van der Waals surface area contributed by atoms with Crippen LogP contribution in [0.15, 0.2) is 12.7 Å². The minimum absolute atomic E-state index is 0.0256. The van der Waals surface area contributed by atoms with Crippen molar-refractivity contribution in [2.75, 3.05) is 37.8 Å². The molecule has 29 heteroatoms. The standard InChI is InChI=1S/C28H44N7O18P3S/c1-28(2,22(39)25(40)31-8-7-18(37)30-9-10-57-27(41)15-5-3-4-6-16(15)36)12-50-56(47,48)53-55(45,46)49-11-17-21(52-54(42,43)44)20(38)26(51-17)35-14-34-19-23(29)32-13-33-24(19)35/h13-15,17,20-22,26,38-39H,3-12H2,1-2H3,(H,30,37)(H,31,40)(H,45,46)(H,47,48)(H2,29,32,33)(H2,42,43,44)/t15?,17-,20-,21-,22+,26-/m1/s1. The maximum atomic E-state index is 12.7. The van der Waals surface area contributed by atoms with E-state index in [-0.39, 0.29) is 53.1 Å². The number of thioether (sulfide) groups is 1. The molecule has 8 atom stereocenters. The largest absolute Gasteiger partial charge is 0.481 e. The van der Waals surface area contributed by atoms with Crippen LogP contribution in [-0.2, 0) is 55.5 Å². The highest BCUT2D eigenvalue weighted by Gasteiger charge is 2.50. The lowest BCUT2D eigenvalue weighted by atomic mass is 9.87. The van der Waals surface area contributed by atoms with Gasteiger partial charge < -0.3 is 50.9 Å². The second kappa shape index (κ2) is 19.5. The number of hydrogen-bond acceptors (Lipinski definition) is 19. The topological polar surface area (TPSA) is 381 Å². The number of nitrogens with one attached hydrogen (secondary N) is 2. The molecule has 0 aromatic carbocycles. The van der Waals surface area contributed by atoms with Gasteiger partial charge in [0.2, 0.25) is 11.8 Å².